The number of carbonyl (C=O) groups is 2. The molecule has 0 aromatic rings. The third-order valence-electron chi connectivity index (χ3n) is 2.25. The van der Waals surface area contributed by atoms with Gasteiger partial charge >= 0.3 is 12.1 Å². The van der Waals surface area contributed by atoms with E-state index in [9.17, 15) is 9.59 Å². The van der Waals surface area contributed by atoms with Crippen LogP contribution in [0.4, 0.5) is 9.59 Å². The number of nitrogens with one attached hydrogen (secondary N) is 1. The van der Waals surface area contributed by atoms with Crippen molar-refractivity contribution in [2.75, 3.05) is 20.6 Å². The average Bonchev–Trinajstić information content (AvgIpc) is 2.11. The van der Waals surface area contributed by atoms with Crippen molar-refractivity contribution in [1.82, 2.24) is 15.1 Å². The Morgan fingerprint density at radius 3 is 2.53 bits per heavy atom. The third-order valence-corrected chi connectivity index (χ3v) is 2.25. The zero-order valence-corrected chi connectivity index (χ0v) is 12.1. The lowest BCUT2D eigenvalue weighted by Crippen LogP contribution is -2.65. The van der Waals surface area contributed by atoms with Gasteiger partial charge in [-0.15, -0.1) is 0 Å². The zero-order valence-electron chi connectivity index (χ0n) is 12.1. The lowest BCUT2D eigenvalue weighted by Gasteiger charge is -2.36. The molecule has 1 rings (SSSR count). The molecular weight excluding hydrogens is 248 g/mol. The number of nitrogens with zero attached hydrogens (tertiary/aromatic N) is 2. The van der Waals surface area contributed by atoms with E-state index in [0.717, 1.165) is 4.90 Å². The maximum absolute atomic E-state index is 11.9. The summed E-state index contributed by atoms with van der Waals surface area (Å²) in [5.41, 5.74) is 4.35. The number of ether oxygens (including phenoxy) is 1. The molecule has 3 N–H and O–H groups in total. The van der Waals surface area contributed by atoms with Crippen molar-refractivity contribution in [3.8, 4) is 0 Å². The van der Waals surface area contributed by atoms with Crippen LogP contribution >= 0.6 is 0 Å². The Balaban J connectivity index is 2.79. The minimum Gasteiger partial charge on any atom is -0.443 e. The van der Waals surface area contributed by atoms with E-state index in [-0.39, 0.29) is 0 Å². The normalized spacial score (nSPS) is 23.5. The molecule has 1 unspecified atom stereocenters. The first-order valence-electron chi connectivity index (χ1n) is 6.00. The topological polar surface area (TPSA) is 87.9 Å². The van der Waals surface area contributed by atoms with Crippen molar-refractivity contribution in [3.63, 3.8) is 0 Å². The summed E-state index contributed by atoms with van der Waals surface area (Å²) in [6.07, 6.45) is 2.18. The van der Waals surface area contributed by atoms with Gasteiger partial charge in [-0.3, -0.25) is 0 Å². The number of rotatable bonds is 2. The first kappa shape index (κ1) is 15.5. The standard InChI is InChI=1S/C12H22N4O3/c1-11(2,3)19-10(18)16-7-6-12(13,8-15(4)5)14-9(16)17/h6-7H,8,13H2,1-5H3,(H,14,17). The summed E-state index contributed by atoms with van der Waals surface area (Å²) in [5, 5.41) is 2.58. The van der Waals surface area contributed by atoms with Crippen LogP contribution in [-0.4, -0.2) is 53.8 Å². The van der Waals surface area contributed by atoms with Crippen molar-refractivity contribution < 1.29 is 14.3 Å². The summed E-state index contributed by atoms with van der Waals surface area (Å²) < 4.78 is 5.12. The van der Waals surface area contributed by atoms with E-state index < -0.39 is 23.4 Å². The van der Waals surface area contributed by atoms with Gasteiger partial charge in [0.2, 0.25) is 0 Å². The van der Waals surface area contributed by atoms with E-state index in [1.165, 1.54) is 6.20 Å². The van der Waals surface area contributed by atoms with Crippen molar-refractivity contribution in [2.45, 2.75) is 32.0 Å². The fraction of sp³-hybridized carbons (Fsp3) is 0.667. The van der Waals surface area contributed by atoms with E-state index in [2.05, 4.69) is 5.32 Å². The smallest absolute Gasteiger partial charge is 0.422 e. The maximum atomic E-state index is 11.9. The van der Waals surface area contributed by atoms with E-state index in [4.69, 9.17) is 10.5 Å². The molecular formula is C12H22N4O3. The third kappa shape index (κ3) is 4.53. The molecule has 1 heterocycles. The molecule has 3 amide bonds. The summed E-state index contributed by atoms with van der Waals surface area (Å²) >= 11 is 0. The van der Waals surface area contributed by atoms with Gasteiger partial charge in [-0.25, -0.2) is 14.5 Å². The second-order valence-electron chi connectivity index (χ2n) is 5.87. The number of hydrogen-bond acceptors (Lipinski definition) is 5. The Kier molecular flexibility index (Phi) is 4.21. The van der Waals surface area contributed by atoms with Crippen molar-refractivity contribution in [1.29, 1.82) is 0 Å². The Morgan fingerprint density at radius 1 is 1.53 bits per heavy atom. The van der Waals surface area contributed by atoms with Crippen LogP contribution in [-0.2, 0) is 4.74 Å². The van der Waals surface area contributed by atoms with Crippen LogP contribution in [0.25, 0.3) is 0 Å². The molecule has 0 aromatic heterocycles. The average molecular weight is 270 g/mol. The quantitative estimate of drug-likeness (QED) is 0.770. The second kappa shape index (κ2) is 5.18. The SMILES string of the molecule is CN(C)CC1(N)C=CN(C(=O)OC(C)(C)C)C(=O)N1. The van der Waals surface area contributed by atoms with Gasteiger partial charge in [0.25, 0.3) is 0 Å². The summed E-state index contributed by atoms with van der Waals surface area (Å²) in [6.45, 7) is 5.62. The number of hydrogen-bond donors (Lipinski definition) is 2. The molecule has 0 bridgehead atoms. The Bertz CT molecular complexity index is 400. The number of urea groups is 1. The van der Waals surface area contributed by atoms with Gasteiger partial charge in [0.05, 0.1) is 0 Å². The first-order chi connectivity index (χ1) is 8.52. The monoisotopic (exact) mass is 270 g/mol. The molecule has 7 heteroatoms. The molecule has 1 aliphatic heterocycles. The minimum absolute atomic E-state index is 0.428. The highest BCUT2D eigenvalue weighted by Gasteiger charge is 2.35. The summed E-state index contributed by atoms with van der Waals surface area (Å²) in [7, 11) is 3.68. The minimum atomic E-state index is -0.987. The number of likely N-dealkylation sites (N-methyl/N-ethyl adjacent to an activating group) is 1. The highest BCUT2D eigenvalue weighted by Crippen LogP contribution is 2.14. The van der Waals surface area contributed by atoms with Crippen LogP contribution in [0.3, 0.4) is 0 Å². The molecule has 108 valence electrons. The molecule has 1 aliphatic rings. The Labute approximate surface area is 113 Å². The van der Waals surface area contributed by atoms with Crippen LogP contribution in [0.15, 0.2) is 12.3 Å². The lowest BCUT2D eigenvalue weighted by atomic mass is 10.1. The van der Waals surface area contributed by atoms with Crippen LogP contribution in [0.1, 0.15) is 20.8 Å². The van der Waals surface area contributed by atoms with Gasteiger partial charge in [0, 0.05) is 12.7 Å². The molecule has 0 saturated carbocycles. The van der Waals surface area contributed by atoms with Crippen LogP contribution in [0.5, 0.6) is 0 Å². The fourth-order valence-corrected chi connectivity index (χ4v) is 1.65. The van der Waals surface area contributed by atoms with Gasteiger partial charge in [0.1, 0.15) is 11.3 Å². The maximum Gasteiger partial charge on any atom is 0.422 e. The number of carbonyl (C=O) groups excluding carboxylic acids is 2. The molecule has 7 nitrogen and oxygen atoms in total. The molecule has 0 saturated heterocycles. The predicted molar refractivity (Wildman–Crippen MR) is 71.2 cm³/mol. The molecule has 0 spiro atoms. The van der Waals surface area contributed by atoms with Crippen molar-refractivity contribution in [2.24, 2.45) is 5.73 Å². The summed E-state index contributed by atoms with van der Waals surface area (Å²) in [6, 6.07) is -0.596. The van der Waals surface area contributed by atoms with E-state index >= 15 is 0 Å². The molecule has 19 heavy (non-hydrogen) atoms. The highest BCUT2D eigenvalue weighted by atomic mass is 16.6. The number of imide groups is 1. The van der Waals surface area contributed by atoms with E-state index in [0.29, 0.717) is 6.54 Å². The summed E-state index contributed by atoms with van der Waals surface area (Å²) in [5.74, 6) is 0. The lowest BCUT2D eigenvalue weighted by molar-refractivity contribution is 0.0373. The van der Waals surface area contributed by atoms with Crippen LogP contribution < -0.4 is 11.1 Å². The van der Waals surface area contributed by atoms with Gasteiger partial charge < -0.3 is 20.7 Å². The number of amides is 3. The van der Waals surface area contributed by atoms with E-state index in [1.807, 2.05) is 19.0 Å². The van der Waals surface area contributed by atoms with Crippen molar-refractivity contribution >= 4 is 12.1 Å². The Hall–Kier alpha value is -1.60. The second-order valence-corrected chi connectivity index (χ2v) is 5.87. The molecule has 1 atom stereocenters. The Morgan fingerprint density at radius 2 is 2.11 bits per heavy atom. The van der Waals surface area contributed by atoms with E-state index in [1.54, 1.807) is 26.8 Å². The number of nitrogens with two attached hydrogens (primary N) is 1. The van der Waals surface area contributed by atoms with Crippen LogP contribution in [0, 0.1) is 0 Å². The van der Waals surface area contributed by atoms with Gasteiger partial charge in [-0.1, -0.05) is 0 Å². The fourth-order valence-electron chi connectivity index (χ4n) is 1.65. The van der Waals surface area contributed by atoms with Gasteiger partial charge in [-0.2, -0.15) is 0 Å². The van der Waals surface area contributed by atoms with Gasteiger partial charge in [0.15, 0.2) is 0 Å². The molecule has 0 aromatic carbocycles. The zero-order chi connectivity index (χ0) is 14.8. The first-order valence-corrected chi connectivity index (χ1v) is 6.00. The van der Waals surface area contributed by atoms with Crippen molar-refractivity contribution in [3.05, 3.63) is 12.3 Å². The highest BCUT2D eigenvalue weighted by molar-refractivity contribution is 5.93. The molecule has 0 aliphatic carbocycles. The van der Waals surface area contributed by atoms with Gasteiger partial charge in [-0.05, 0) is 40.9 Å². The van der Waals surface area contributed by atoms with Crippen LogP contribution in [0.2, 0.25) is 0 Å². The molecule has 0 radical (unpaired) electrons. The molecule has 0 fully saturated rings. The summed E-state index contributed by atoms with van der Waals surface area (Å²) in [4.78, 5) is 26.4. The predicted octanol–water partition coefficient (Wildman–Crippen LogP) is 0.677. The largest absolute Gasteiger partial charge is 0.443 e.